The average Bonchev–Trinajstić information content (AvgIpc) is 2.95. The molecule has 0 bridgehead atoms. The van der Waals surface area contributed by atoms with Crippen LogP contribution in [0.25, 0.3) is 11.6 Å². The van der Waals surface area contributed by atoms with Crippen molar-refractivity contribution in [3.63, 3.8) is 0 Å². The molecule has 0 aromatic carbocycles. The van der Waals surface area contributed by atoms with E-state index in [0.29, 0.717) is 11.3 Å². The van der Waals surface area contributed by atoms with E-state index in [1.54, 1.807) is 29.7 Å². The third-order valence-corrected chi connectivity index (χ3v) is 3.45. The van der Waals surface area contributed by atoms with Crippen LogP contribution in [0, 0.1) is 18.3 Å². The van der Waals surface area contributed by atoms with Crippen molar-refractivity contribution in [2.45, 2.75) is 20.3 Å². The summed E-state index contributed by atoms with van der Waals surface area (Å²) >= 11 is 1.55. The van der Waals surface area contributed by atoms with Gasteiger partial charge in [0, 0.05) is 11.0 Å². The van der Waals surface area contributed by atoms with Gasteiger partial charge in [0.25, 0.3) is 0 Å². The maximum atomic E-state index is 9.16. The zero-order valence-corrected chi connectivity index (χ0v) is 10.5. The first-order valence-corrected chi connectivity index (χ1v) is 6.18. The van der Waals surface area contributed by atoms with Gasteiger partial charge in [0.2, 0.25) is 0 Å². The predicted octanol–water partition coefficient (Wildman–Crippen LogP) is 3.67. The summed E-state index contributed by atoms with van der Waals surface area (Å²) < 4.78 is 5.20. The van der Waals surface area contributed by atoms with E-state index in [9.17, 15) is 0 Å². The molecular formula is C13H12N2OS. The molecule has 2 aromatic heterocycles. The predicted molar refractivity (Wildman–Crippen MR) is 68.4 cm³/mol. The summed E-state index contributed by atoms with van der Waals surface area (Å²) in [6.45, 7) is 4.09. The first-order chi connectivity index (χ1) is 8.24. The van der Waals surface area contributed by atoms with Crippen molar-refractivity contribution in [1.82, 2.24) is 4.98 Å². The fourth-order valence-corrected chi connectivity index (χ4v) is 2.50. The Kier molecular flexibility index (Phi) is 3.40. The summed E-state index contributed by atoms with van der Waals surface area (Å²) in [5.41, 5.74) is 1.61. The highest BCUT2D eigenvalue weighted by Crippen LogP contribution is 2.25. The van der Waals surface area contributed by atoms with Crippen LogP contribution in [-0.4, -0.2) is 4.98 Å². The minimum atomic E-state index is 0.549. The van der Waals surface area contributed by atoms with Crippen LogP contribution in [-0.2, 0) is 6.42 Å². The van der Waals surface area contributed by atoms with E-state index in [-0.39, 0.29) is 0 Å². The average molecular weight is 244 g/mol. The molecule has 4 heteroatoms. The number of nitrogens with zero attached hydrogens (tertiary/aromatic N) is 2. The van der Waals surface area contributed by atoms with Crippen LogP contribution in [0.2, 0.25) is 0 Å². The number of aromatic nitrogens is 1. The summed E-state index contributed by atoms with van der Waals surface area (Å²) in [4.78, 5) is 5.64. The first kappa shape index (κ1) is 11.6. The minimum Gasteiger partial charge on any atom is -0.465 e. The molecule has 0 fully saturated rings. The Morgan fingerprint density at radius 3 is 3.00 bits per heavy atom. The summed E-state index contributed by atoms with van der Waals surface area (Å²) in [5.74, 6) is 0.674. The van der Waals surface area contributed by atoms with Gasteiger partial charge in [-0.2, -0.15) is 5.26 Å². The molecule has 0 aliphatic carbocycles. The largest absolute Gasteiger partial charge is 0.465 e. The zero-order chi connectivity index (χ0) is 12.3. The molecule has 17 heavy (non-hydrogen) atoms. The van der Waals surface area contributed by atoms with Gasteiger partial charge in [0.05, 0.1) is 17.5 Å². The smallest absolute Gasteiger partial charge is 0.134 e. The molecule has 86 valence electrons. The van der Waals surface area contributed by atoms with Crippen molar-refractivity contribution in [3.8, 4) is 6.07 Å². The van der Waals surface area contributed by atoms with Crippen molar-refractivity contribution in [2.24, 2.45) is 0 Å². The second-order valence-corrected chi connectivity index (χ2v) is 4.76. The highest BCUT2D eigenvalue weighted by molar-refractivity contribution is 7.12. The second kappa shape index (κ2) is 4.98. The van der Waals surface area contributed by atoms with Gasteiger partial charge >= 0.3 is 0 Å². The standard InChI is InChI=1S/C13H12N2OS/c1-3-12-9(2)17-13(15-12)10(8-14)7-11-5-4-6-16-11/h4-7H,3H2,1-2H3/b10-7+. The quantitative estimate of drug-likeness (QED) is 0.774. The summed E-state index contributed by atoms with van der Waals surface area (Å²) in [5, 5.41) is 9.92. The van der Waals surface area contributed by atoms with Crippen LogP contribution in [0.4, 0.5) is 0 Å². The summed E-state index contributed by atoms with van der Waals surface area (Å²) in [6.07, 6.45) is 4.20. The van der Waals surface area contributed by atoms with Crippen LogP contribution in [0.5, 0.6) is 0 Å². The van der Waals surface area contributed by atoms with Crippen molar-refractivity contribution < 1.29 is 4.42 Å². The molecule has 3 nitrogen and oxygen atoms in total. The lowest BCUT2D eigenvalue weighted by Gasteiger charge is -1.91. The third-order valence-electron chi connectivity index (χ3n) is 2.41. The van der Waals surface area contributed by atoms with Crippen molar-refractivity contribution in [2.75, 3.05) is 0 Å². The molecule has 0 saturated carbocycles. The topological polar surface area (TPSA) is 49.8 Å². The Morgan fingerprint density at radius 2 is 2.47 bits per heavy atom. The lowest BCUT2D eigenvalue weighted by atomic mass is 10.2. The van der Waals surface area contributed by atoms with Gasteiger partial charge in [0.1, 0.15) is 16.8 Å². The van der Waals surface area contributed by atoms with Crippen molar-refractivity contribution in [3.05, 3.63) is 39.7 Å². The summed E-state index contributed by atoms with van der Waals surface area (Å²) in [6, 6.07) is 5.79. The summed E-state index contributed by atoms with van der Waals surface area (Å²) in [7, 11) is 0. The number of hydrogen-bond acceptors (Lipinski definition) is 4. The number of hydrogen-bond donors (Lipinski definition) is 0. The molecule has 0 spiro atoms. The van der Waals surface area contributed by atoms with Crippen molar-refractivity contribution >= 4 is 23.0 Å². The molecule has 0 amide bonds. The fraction of sp³-hybridized carbons (Fsp3) is 0.231. The molecule has 2 aromatic rings. The molecule has 0 atom stereocenters. The highest BCUT2D eigenvalue weighted by Gasteiger charge is 2.10. The fourth-order valence-electron chi connectivity index (χ4n) is 1.53. The van der Waals surface area contributed by atoms with Gasteiger partial charge < -0.3 is 4.42 Å². The normalized spacial score (nSPS) is 11.5. The van der Waals surface area contributed by atoms with E-state index < -0.39 is 0 Å². The lowest BCUT2D eigenvalue weighted by molar-refractivity contribution is 0.557. The van der Waals surface area contributed by atoms with Gasteiger partial charge in [-0.15, -0.1) is 11.3 Å². The van der Waals surface area contributed by atoms with Gasteiger partial charge in [-0.1, -0.05) is 6.92 Å². The maximum absolute atomic E-state index is 9.16. The Morgan fingerprint density at radius 1 is 1.65 bits per heavy atom. The minimum absolute atomic E-state index is 0.549. The Bertz CT molecular complexity index is 573. The number of rotatable bonds is 3. The van der Waals surface area contributed by atoms with E-state index >= 15 is 0 Å². The maximum Gasteiger partial charge on any atom is 0.134 e. The SMILES string of the molecule is CCc1nc(/C(C#N)=C/c2ccco2)sc1C. The van der Waals surface area contributed by atoms with Gasteiger partial charge in [-0.05, 0) is 25.5 Å². The molecule has 0 radical (unpaired) electrons. The van der Waals surface area contributed by atoms with Crippen LogP contribution < -0.4 is 0 Å². The number of aryl methyl sites for hydroxylation is 2. The Labute approximate surface area is 104 Å². The molecular weight excluding hydrogens is 232 g/mol. The molecule has 0 saturated heterocycles. The van der Waals surface area contributed by atoms with E-state index in [2.05, 4.69) is 18.0 Å². The number of furan rings is 1. The molecule has 2 rings (SSSR count). The molecule has 0 unspecified atom stereocenters. The Balaban J connectivity index is 2.39. The number of nitriles is 1. The van der Waals surface area contributed by atoms with Crippen LogP contribution >= 0.6 is 11.3 Å². The monoisotopic (exact) mass is 244 g/mol. The van der Waals surface area contributed by atoms with Gasteiger partial charge in [0.15, 0.2) is 0 Å². The van der Waals surface area contributed by atoms with E-state index in [1.807, 2.05) is 13.0 Å². The number of allylic oxidation sites excluding steroid dienone is 1. The van der Waals surface area contributed by atoms with E-state index in [1.165, 1.54) is 4.88 Å². The van der Waals surface area contributed by atoms with Crippen molar-refractivity contribution in [1.29, 1.82) is 5.26 Å². The zero-order valence-electron chi connectivity index (χ0n) is 9.73. The third kappa shape index (κ3) is 2.45. The van der Waals surface area contributed by atoms with Crippen LogP contribution in [0.3, 0.4) is 0 Å². The molecule has 2 heterocycles. The number of thiazole rings is 1. The van der Waals surface area contributed by atoms with Gasteiger partial charge in [-0.3, -0.25) is 0 Å². The van der Waals surface area contributed by atoms with E-state index in [4.69, 9.17) is 9.68 Å². The second-order valence-electron chi connectivity index (χ2n) is 3.56. The molecule has 0 N–H and O–H groups in total. The van der Waals surface area contributed by atoms with E-state index in [0.717, 1.165) is 17.1 Å². The van der Waals surface area contributed by atoms with Crippen LogP contribution in [0.1, 0.15) is 28.3 Å². The molecule has 0 aliphatic rings. The van der Waals surface area contributed by atoms with Gasteiger partial charge in [-0.25, -0.2) is 4.98 Å². The first-order valence-electron chi connectivity index (χ1n) is 5.36. The van der Waals surface area contributed by atoms with Crippen LogP contribution in [0.15, 0.2) is 22.8 Å². The molecule has 0 aliphatic heterocycles. The lowest BCUT2D eigenvalue weighted by Crippen LogP contribution is -1.84. The Hall–Kier alpha value is -1.86. The highest BCUT2D eigenvalue weighted by atomic mass is 32.1.